The zero-order valence-electron chi connectivity index (χ0n) is 13.0. The summed E-state index contributed by atoms with van der Waals surface area (Å²) < 4.78 is 12.4. The Hall–Kier alpha value is -2.60. The molecule has 0 saturated heterocycles. The van der Waals surface area contributed by atoms with Crippen molar-refractivity contribution in [3.63, 3.8) is 0 Å². The minimum absolute atomic E-state index is 0.213. The number of amides is 1. The van der Waals surface area contributed by atoms with Gasteiger partial charge in [0.2, 0.25) is 0 Å². The number of benzene rings is 1. The molecule has 0 aliphatic carbocycles. The molecule has 0 unspecified atom stereocenters. The van der Waals surface area contributed by atoms with Crippen LogP contribution in [0.1, 0.15) is 16.4 Å². The molecular weight excluding hydrogens is 294 g/mol. The lowest BCUT2D eigenvalue weighted by Crippen LogP contribution is -2.26. The molecule has 3 rings (SSSR count). The van der Waals surface area contributed by atoms with Crippen molar-refractivity contribution in [3.05, 3.63) is 54.2 Å². The number of carbonyl (C=O) groups excluding carboxylic acids is 1. The average Bonchev–Trinajstić information content (AvgIpc) is 3.21. The highest BCUT2D eigenvalue weighted by Crippen LogP contribution is 2.16. The fraction of sp³-hybridized carbons (Fsp3) is 0.294. The number of fused-ring (bicyclic) bond motifs is 1. The fourth-order valence-electron chi connectivity index (χ4n) is 2.53. The second-order valence-electron chi connectivity index (χ2n) is 5.14. The van der Waals surface area contributed by atoms with E-state index in [4.69, 9.17) is 9.15 Å². The third kappa shape index (κ3) is 3.43. The van der Waals surface area contributed by atoms with Gasteiger partial charge in [-0.15, -0.1) is 0 Å². The molecule has 1 amide bonds. The number of methoxy groups -OCH3 is 1. The third-order valence-electron chi connectivity index (χ3n) is 3.63. The average molecular weight is 313 g/mol. The molecule has 6 heteroatoms. The van der Waals surface area contributed by atoms with E-state index in [1.54, 1.807) is 19.2 Å². The van der Waals surface area contributed by atoms with Crippen molar-refractivity contribution in [2.45, 2.75) is 13.0 Å². The minimum Gasteiger partial charge on any atom is -0.459 e. The van der Waals surface area contributed by atoms with Gasteiger partial charge >= 0.3 is 0 Å². The standard InChI is InChI=1S/C17H19N3O3/c1-22-12-10-20-14-6-3-2-5-13(14)19-16(20)8-9-18-17(21)15-7-4-11-23-15/h2-7,11H,8-10,12H2,1H3,(H,18,21). The van der Waals surface area contributed by atoms with Crippen molar-refractivity contribution in [2.75, 3.05) is 20.3 Å². The summed E-state index contributed by atoms with van der Waals surface area (Å²) in [5.74, 6) is 1.04. The van der Waals surface area contributed by atoms with Crippen LogP contribution in [0.5, 0.6) is 0 Å². The molecule has 1 aromatic carbocycles. The first-order valence-corrected chi connectivity index (χ1v) is 7.54. The molecule has 0 saturated carbocycles. The van der Waals surface area contributed by atoms with Crippen molar-refractivity contribution in [3.8, 4) is 0 Å². The number of rotatable bonds is 7. The van der Waals surface area contributed by atoms with E-state index in [1.165, 1.54) is 6.26 Å². The molecule has 0 spiro atoms. The van der Waals surface area contributed by atoms with Gasteiger partial charge in [-0.2, -0.15) is 0 Å². The maximum Gasteiger partial charge on any atom is 0.286 e. The molecule has 3 aromatic rings. The third-order valence-corrected chi connectivity index (χ3v) is 3.63. The summed E-state index contributed by atoms with van der Waals surface area (Å²) in [6.07, 6.45) is 2.13. The second kappa shape index (κ2) is 7.11. The molecule has 0 atom stereocenters. The monoisotopic (exact) mass is 313 g/mol. The summed E-state index contributed by atoms with van der Waals surface area (Å²) in [7, 11) is 1.68. The van der Waals surface area contributed by atoms with Crippen LogP contribution < -0.4 is 5.32 Å². The van der Waals surface area contributed by atoms with E-state index in [0.717, 1.165) is 23.4 Å². The van der Waals surface area contributed by atoms with Gasteiger partial charge in [-0.1, -0.05) is 12.1 Å². The van der Waals surface area contributed by atoms with Crippen LogP contribution in [-0.2, 0) is 17.7 Å². The van der Waals surface area contributed by atoms with E-state index < -0.39 is 0 Å². The van der Waals surface area contributed by atoms with Crippen molar-refractivity contribution in [1.29, 1.82) is 0 Å². The number of nitrogens with one attached hydrogen (secondary N) is 1. The highest BCUT2D eigenvalue weighted by Gasteiger charge is 2.12. The van der Waals surface area contributed by atoms with Crippen molar-refractivity contribution in [2.24, 2.45) is 0 Å². The highest BCUT2D eigenvalue weighted by molar-refractivity contribution is 5.91. The van der Waals surface area contributed by atoms with Gasteiger partial charge in [-0.3, -0.25) is 4.79 Å². The summed E-state index contributed by atoms with van der Waals surface area (Å²) in [6.45, 7) is 1.85. The van der Waals surface area contributed by atoms with E-state index in [9.17, 15) is 4.79 Å². The van der Waals surface area contributed by atoms with Crippen LogP contribution in [0.15, 0.2) is 47.1 Å². The highest BCUT2D eigenvalue weighted by atomic mass is 16.5. The van der Waals surface area contributed by atoms with E-state index in [-0.39, 0.29) is 5.91 Å². The number of carbonyl (C=O) groups is 1. The molecule has 120 valence electrons. The number of aromatic nitrogens is 2. The maximum atomic E-state index is 11.9. The molecular formula is C17H19N3O3. The summed E-state index contributed by atoms with van der Waals surface area (Å²) in [4.78, 5) is 16.5. The Morgan fingerprint density at radius 3 is 2.96 bits per heavy atom. The van der Waals surface area contributed by atoms with Crippen molar-refractivity contribution >= 4 is 16.9 Å². The normalized spacial score (nSPS) is 11.0. The van der Waals surface area contributed by atoms with Gasteiger partial charge in [0.15, 0.2) is 5.76 Å². The Kier molecular flexibility index (Phi) is 4.73. The quantitative estimate of drug-likeness (QED) is 0.726. The van der Waals surface area contributed by atoms with Crippen molar-refractivity contribution in [1.82, 2.24) is 14.9 Å². The zero-order valence-corrected chi connectivity index (χ0v) is 13.0. The molecule has 23 heavy (non-hydrogen) atoms. The topological polar surface area (TPSA) is 69.3 Å². The van der Waals surface area contributed by atoms with Crippen LogP contribution in [0.2, 0.25) is 0 Å². The van der Waals surface area contributed by atoms with Gasteiger partial charge in [0.05, 0.1) is 23.9 Å². The van der Waals surface area contributed by atoms with Gasteiger partial charge in [-0.05, 0) is 24.3 Å². The molecule has 2 aromatic heterocycles. The Labute approximate surface area is 134 Å². The molecule has 0 radical (unpaired) electrons. The lowest BCUT2D eigenvalue weighted by molar-refractivity contribution is 0.0926. The number of imidazole rings is 1. The smallest absolute Gasteiger partial charge is 0.286 e. The summed E-state index contributed by atoms with van der Waals surface area (Å²) >= 11 is 0. The summed E-state index contributed by atoms with van der Waals surface area (Å²) in [6, 6.07) is 11.3. The molecule has 0 aliphatic heterocycles. The summed E-state index contributed by atoms with van der Waals surface area (Å²) in [5.41, 5.74) is 2.04. The predicted molar refractivity (Wildman–Crippen MR) is 86.4 cm³/mol. The molecule has 6 nitrogen and oxygen atoms in total. The van der Waals surface area contributed by atoms with Gasteiger partial charge in [0.1, 0.15) is 5.82 Å². The van der Waals surface area contributed by atoms with Gasteiger partial charge in [0.25, 0.3) is 5.91 Å². The van der Waals surface area contributed by atoms with Crippen LogP contribution in [0, 0.1) is 0 Å². The van der Waals surface area contributed by atoms with Crippen LogP contribution in [-0.4, -0.2) is 35.7 Å². The fourth-order valence-corrected chi connectivity index (χ4v) is 2.53. The van der Waals surface area contributed by atoms with Crippen molar-refractivity contribution < 1.29 is 13.9 Å². The molecule has 2 heterocycles. The Morgan fingerprint density at radius 1 is 1.30 bits per heavy atom. The van der Waals surface area contributed by atoms with Gasteiger partial charge in [0, 0.05) is 26.6 Å². The summed E-state index contributed by atoms with van der Waals surface area (Å²) in [5, 5.41) is 2.84. The van der Waals surface area contributed by atoms with Crippen LogP contribution in [0.25, 0.3) is 11.0 Å². The first kappa shape index (κ1) is 15.3. The Bertz CT molecular complexity index is 778. The SMILES string of the molecule is COCCn1c(CCNC(=O)c2ccco2)nc2ccccc21. The van der Waals surface area contributed by atoms with Gasteiger partial charge in [-0.25, -0.2) is 4.98 Å². The molecule has 1 N–H and O–H groups in total. The predicted octanol–water partition coefficient (Wildman–Crippen LogP) is 2.25. The van der Waals surface area contributed by atoms with E-state index in [2.05, 4.69) is 14.9 Å². The second-order valence-corrected chi connectivity index (χ2v) is 5.14. The number of furan rings is 1. The number of nitrogens with zero attached hydrogens (tertiary/aromatic N) is 2. The zero-order chi connectivity index (χ0) is 16.1. The number of para-hydroxylation sites is 2. The van der Waals surface area contributed by atoms with Crippen LogP contribution in [0.4, 0.5) is 0 Å². The van der Waals surface area contributed by atoms with Crippen LogP contribution >= 0.6 is 0 Å². The first-order valence-electron chi connectivity index (χ1n) is 7.54. The number of hydrogen-bond donors (Lipinski definition) is 1. The van der Waals surface area contributed by atoms with E-state index in [1.807, 2.05) is 24.3 Å². The van der Waals surface area contributed by atoms with Gasteiger partial charge < -0.3 is 19.0 Å². The lowest BCUT2D eigenvalue weighted by atomic mass is 10.3. The lowest BCUT2D eigenvalue weighted by Gasteiger charge is -2.09. The molecule has 0 bridgehead atoms. The Morgan fingerprint density at radius 2 is 2.17 bits per heavy atom. The maximum absolute atomic E-state index is 11.9. The number of ether oxygens (including phenoxy) is 1. The minimum atomic E-state index is -0.213. The van der Waals surface area contributed by atoms with Crippen LogP contribution in [0.3, 0.4) is 0 Å². The number of hydrogen-bond acceptors (Lipinski definition) is 4. The van der Waals surface area contributed by atoms with E-state index in [0.29, 0.717) is 25.3 Å². The molecule has 0 fully saturated rings. The largest absolute Gasteiger partial charge is 0.459 e. The Balaban J connectivity index is 1.70. The van der Waals surface area contributed by atoms with E-state index >= 15 is 0 Å². The molecule has 0 aliphatic rings. The first-order chi connectivity index (χ1) is 11.3.